The molecule has 30 heavy (non-hydrogen) atoms. The van der Waals surface area contributed by atoms with Gasteiger partial charge in [-0.05, 0) is 49.6 Å². The molecule has 0 aromatic heterocycles. The van der Waals surface area contributed by atoms with Crippen LogP contribution < -0.4 is 14.8 Å². The number of nitrogens with one attached hydrogen (secondary N) is 1. The van der Waals surface area contributed by atoms with Crippen LogP contribution >= 0.6 is 0 Å². The van der Waals surface area contributed by atoms with Gasteiger partial charge in [0.1, 0.15) is 5.82 Å². The van der Waals surface area contributed by atoms with Gasteiger partial charge in [-0.15, -0.1) is 0 Å². The first-order valence-electron chi connectivity index (χ1n) is 9.55. The average molecular weight is 437 g/mol. The summed E-state index contributed by atoms with van der Waals surface area (Å²) in [5.41, 5.74) is 0.894. The lowest BCUT2D eigenvalue weighted by Crippen LogP contribution is -2.41. The van der Waals surface area contributed by atoms with Gasteiger partial charge in [-0.2, -0.15) is 4.31 Å². The van der Waals surface area contributed by atoms with Gasteiger partial charge in [0.15, 0.2) is 11.5 Å². The molecule has 0 spiro atoms. The minimum absolute atomic E-state index is 0.109. The Labute approximate surface area is 175 Å². The summed E-state index contributed by atoms with van der Waals surface area (Å²) in [6.45, 7) is 2.09. The minimum atomic E-state index is -3.72. The van der Waals surface area contributed by atoms with Crippen molar-refractivity contribution < 1.29 is 27.1 Å². The fourth-order valence-electron chi connectivity index (χ4n) is 3.40. The van der Waals surface area contributed by atoms with E-state index in [9.17, 15) is 17.6 Å². The molecule has 2 aromatic rings. The normalized spacial score (nSPS) is 15.6. The number of amides is 1. The summed E-state index contributed by atoms with van der Waals surface area (Å²) in [6.07, 6.45) is 0.763. The molecule has 0 aliphatic carbocycles. The van der Waals surface area contributed by atoms with E-state index in [1.54, 1.807) is 25.1 Å². The van der Waals surface area contributed by atoms with E-state index in [1.807, 2.05) is 0 Å². The Morgan fingerprint density at radius 1 is 1.07 bits per heavy atom. The number of rotatable bonds is 6. The first-order chi connectivity index (χ1) is 14.3. The largest absolute Gasteiger partial charge is 0.493 e. The van der Waals surface area contributed by atoms with Gasteiger partial charge in [0, 0.05) is 30.8 Å². The van der Waals surface area contributed by atoms with E-state index < -0.39 is 10.0 Å². The lowest BCUT2D eigenvalue weighted by atomic mass is 9.97. The standard InChI is InChI=1S/C21H25FN2O5S/c1-14-4-5-16(12-18(14)22)23-21(25)15-8-10-24(11-9-15)30(26,27)17-6-7-19(28-2)20(13-17)29-3/h4-7,12-13,15H,8-11H2,1-3H3,(H,23,25). The van der Waals surface area contributed by atoms with Crippen molar-refractivity contribution in [3.63, 3.8) is 0 Å². The van der Waals surface area contributed by atoms with Crippen LogP contribution in [0.25, 0.3) is 0 Å². The number of benzene rings is 2. The van der Waals surface area contributed by atoms with Gasteiger partial charge >= 0.3 is 0 Å². The molecule has 1 aliphatic rings. The van der Waals surface area contributed by atoms with Crippen LogP contribution in [0.15, 0.2) is 41.3 Å². The van der Waals surface area contributed by atoms with Crippen LogP contribution in [0.5, 0.6) is 11.5 Å². The molecule has 0 atom stereocenters. The molecular weight excluding hydrogens is 411 g/mol. The van der Waals surface area contributed by atoms with E-state index in [1.165, 1.54) is 36.7 Å². The van der Waals surface area contributed by atoms with Crippen LogP contribution in [0.2, 0.25) is 0 Å². The van der Waals surface area contributed by atoms with Crippen LogP contribution in [-0.2, 0) is 14.8 Å². The van der Waals surface area contributed by atoms with Gasteiger partial charge < -0.3 is 14.8 Å². The first kappa shape index (κ1) is 22.0. The SMILES string of the molecule is COc1ccc(S(=O)(=O)N2CCC(C(=O)Nc3ccc(C)c(F)c3)CC2)cc1OC. The number of hydrogen-bond acceptors (Lipinski definition) is 5. The number of hydrogen-bond donors (Lipinski definition) is 1. The molecule has 7 nitrogen and oxygen atoms in total. The Morgan fingerprint density at radius 2 is 1.73 bits per heavy atom. The van der Waals surface area contributed by atoms with Crippen molar-refractivity contribution in [3.8, 4) is 11.5 Å². The maximum absolute atomic E-state index is 13.7. The number of nitrogens with zero attached hydrogens (tertiary/aromatic N) is 1. The third kappa shape index (κ3) is 4.57. The molecule has 1 aliphatic heterocycles. The molecule has 1 N–H and O–H groups in total. The van der Waals surface area contributed by atoms with E-state index in [4.69, 9.17) is 9.47 Å². The number of sulfonamides is 1. The van der Waals surface area contributed by atoms with Gasteiger partial charge in [-0.25, -0.2) is 12.8 Å². The number of methoxy groups -OCH3 is 2. The maximum atomic E-state index is 13.7. The molecule has 0 radical (unpaired) electrons. The summed E-state index contributed by atoms with van der Waals surface area (Å²) >= 11 is 0. The summed E-state index contributed by atoms with van der Waals surface area (Å²) in [6, 6.07) is 8.98. The molecule has 1 amide bonds. The Bertz CT molecular complexity index is 1030. The van der Waals surface area contributed by atoms with Gasteiger partial charge in [-0.1, -0.05) is 6.07 Å². The molecule has 9 heteroatoms. The van der Waals surface area contributed by atoms with Gasteiger partial charge in [0.05, 0.1) is 19.1 Å². The maximum Gasteiger partial charge on any atom is 0.243 e. The second kappa shape index (κ2) is 9.01. The summed E-state index contributed by atoms with van der Waals surface area (Å²) in [4.78, 5) is 12.6. The first-order valence-corrected chi connectivity index (χ1v) is 11.0. The number of halogens is 1. The quantitative estimate of drug-likeness (QED) is 0.752. The zero-order valence-corrected chi connectivity index (χ0v) is 18.0. The molecule has 1 fully saturated rings. The zero-order valence-electron chi connectivity index (χ0n) is 17.1. The number of aryl methyl sites for hydroxylation is 1. The highest BCUT2D eigenvalue weighted by atomic mass is 32.2. The smallest absolute Gasteiger partial charge is 0.243 e. The van der Waals surface area contributed by atoms with Crippen LogP contribution in [0.3, 0.4) is 0 Å². The molecule has 0 bridgehead atoms. The molecule has 2 aromatic carbocycles. The topological polar surface area (TPSA) is 84.9 Å². The second-order valence-corrected chi connectivity index (χ2v) is 9.09. The van der Waals surface area contributed by atoms with Gasteiger partial charge in [-0.3, -0.25) is 4.79 Å². The Kier molecular flexibility index (Phi) is 6.62. The lowest BCUT2D eigenvalue weighted by molar-refractivity contribution is -0.120. The fourth-order valence-corrected chi connectivity index (χ4v) is 4.89. The zero-order chi connectivity index (χ0) is 21.9. The van der Waals surface area contributed by atoms with E-state index in [2.05, 4.69) is 5.32 Å². The van der Waals surface area contributed by atoms with Gasteiger partial charge in [0.25, 0.3) is 0 Å². The molecular formula is C21H25FN2O5S. The summed E-state index contributed by atoms with van der Waals surface area (Å²) < 4.78 is 51.3. The van der Waals surface area contributed by atoms with Gasteiger partial charge in [0.2, 0.25) is 15.9 Å². The van der Waals surface area contributed by atoms with E-state index in [0.29, 0.717) is 35.6 Å². The third-order valence-electron chi connectivity index (χ3n) is 5.26. The van der Waals surface area contributed by atoms with Crippen molar-refractivity contribution in [1.29, 1.82) is 0 Å². The number of anilines is 1. The Balaban J connectivity index is 1.65. The predicted octanol–water partition coefficient (Wildman–Crippen LogP) is 3.19. The Hall–Kier alpha value is -2.65. The van der Waals surface area contributed by atoms with Crippen molar-refractivity contribution in [2.75, 3.05) is 32.6 Å². The average Bonchev–Trinajstić information content (AvgIpc) is 2.75. The molecule has 3 rings (SSSR count). The van der Waals surface area contributed by atoms with E-state index in [0.717, 1.165) is 0 Å². The number of carbonyl (C=O) groups is 1. The highest BCUT2D eigenvalue weighted by Gasteiger charge is 2.32. The third-order valence-corrected chi connectivity index (χ3v) is 7.15. The van der Waals surface area contributed by atoms with E-state index >= 15 is 0 Å². The molecule has 162 valence electrons. The summed E-state index contributed by atoms with van der Waals surface area (Å²) in [5.74, 6) is -0.186. The number of carbonyl (C=O) groups excluding carboxylic acids is 1. The second-order valence-electron chi connectivity index (χ2n) is 7.15. The number of ether oxygens (including phenoxy) is 2. The molecule has 1 heterocycles. The fraction of sp³-hybridized carbons (Fsp3) is 0.381. The lowest BCUT2D eigenvalue weighted by Gasteiger charge is -2.30. The monoisotopic (exact) mass is 436 g/mol. The van der Waals surface area contributed by atoms with Crippen LogP contribution in [0.1, 0.15) is 18.4 Å². The highest BCUT2D eigenvalue weighted by molar-refractivity contribution is 7.89. The van der Waals surface area contributed by atoms with E-state index in [-0.39, 0.29) is 35.6 Å². The van der Waals surface area contributed by atoms with Crippen molar-refractivity contribution in [3.05, 3.63) is 47.8 Å². The van der Waals surface area contributed by atoms with Crippen LogP contribution in [0, 0.1) is 18.7 Å². The van der Waals surface area contributed by atoms with Crippen LogP contribution in [-0.4, -0.2) is 45.9 Å². The molecule has 0 saturated carbocycles. The van der Waals surface area contributed by atoms with Crippen molar-refractivity contribution in [2.45, 2.75) is 24.7 Å². The Morgan fingerprint density at radius 3 is 2.33 bits per heavy atom. The molecule has 0 unspecified atom stereocenters. The minimum Gasteiger partial charge on any atom is -0.493 e. The molecule has 1 saturated heterocycles. The number of piperidine rings is 1. The summed E-state index contributed by atoms with van der Waals surface area (Å²) in [5, 5.41) is 2.72. The summed E-state index contributed by atoms with van der Waals surface area (Å²) in [7, 11) is -0.800. The van der Waals surface area contributed by atoms with Crippen LogP contribution in [0.4, 0.5) is 10.1 Å². The van der Waals surface area contributed by atoms with Crippen molar-refractivity contribution in [2.24, 2.45) is 5.92 Å². The highest BCUT2D eigenvalue weighted by Crippen LogP contribution is 2.32. The van der Waals surface area contributed by atoms with Crippen molar-refractivity contribution >= 4 is 21.6 Å². The predicted molar refractivity (Wildman–Crippen MR) is 111 cm³/mol. The van der Waals surface area contributed by atoms with Crippen molar-refractivity contribution in [1.82, 2.24) is 4.31 Å².